The molecule has 27 heavy (non-hydrogen) atoms. The summed E-state index contributed by atoms with van der Waals surface area (Å²) in [7, 11) is 0. The molecule has 1 aromatic carbocycles. The highest BCUT2D eigenvalue weighted by Crippen LogP contribution is 2.36. The summed E-state index contributed by atoms with van der Waals surface area (Å²) in [5, 5.41) is 7.78. The van der Waals surface area contributed by atoms with Gasteiger partial charge in [-0.05, 0) is 12.1 Å². The number of benzene rings is 1. The van der Waals surface area contributed by atoms with E-state index >= 15 is 0 Å². The maximum atomic E-state index is 12.4. The summed E-state index contributed by atoms with van der Waals surface area (Å²) >= 11 is 2.83. The van der Waals surface area contributed by atoms with Crippen molar-refractivity contribution in [2.45, 2.75) is 23.1 Å². The molecule has 2 aromatic rings. The minimum absolute atomic E-state index is 0.114. The Morgan fingerprint density at radius 1 is 1.33 bits per heavy atom. The highest BCUT2D eigenvalue weighted by molar-refractivity contribution is 8.01. The van der Waals surface area contributed by atoms with Gasteiger partial charge >= 0.3 is 0 Å². The van der Waals surface area contributed by atoms with Gasteiger partial charge in [-0.3, -0.25) is 14.5 Å². The fourth-order valence-electron chi connectivity index (χ4n) is 2.99. The molecule has 0 radical (unpaired) electrons. The lowest BCUT2D eigenvalue weighted by molar-refractivity contribution is -0.120. The average molecular weight is 405 g/mol. The predicted molar refractivity (Wildman–Crippen MR) is 106 cm³/mol. The lowest BCUT2D eigenvalue weighted by Crippen LogP contribution is -2.35. The molecule has 2 N–H and O–H groups in total. The van der Waals surface area contributed by atoms with Gasteiger partial charge in [0.15, 0.2) is 5.13 Å². The van der Waals surface area contributed by atoms with Crippen LogP contribution in [0.5, 0.6) is 0 Å². The van der Waals surface area contributed by atoms with Crippen LogP contribution in [0.3, 0.4) is 0 Å². The second-order valence-corrected chi connectivity index (χ2v) is 8.48. The molecule has 0 bridgehead atoms. The van der Waals surface area contributed by atoms with Gasteiger partial charge in [-0.15, -0.1) is 23.1 Å². The third-order valence-electron chi connectivity index (χ3n) is 4.36. The summed E-state index contributed by atoms with van der Waals surface area (Å²) in [6.45, 7) is 4.05. The van der Waals surface area contributed by atoms with E-state index in [9.17, 15) is 9.59 Å². The van der Waals surface area contributed by atoms with Crippen LogP contribution in [0.2, 0.25) is 0 Å². The number of para-hydroxylation sites is 1. The van der Waals surface area contributed by atoms with Gasteiger partial charge in [0.2, 0.25) is 11.8 Å². The molecular formula is C18H20N4O3S2. The molecule has 1 saturated heterocycles. The van der Waals surface area contributed by atoms with Crippen molar-refractivity contribution in [1.29, 1.82) is 0 Å². The van der Waals surface area contributed by atoms with Crippen molar-refractivity contribution in [3.05, 3.63) is 35.3 Å². The van der Waals surface area contributed by atoms with Crippen molar-refractivity contribution < 1.29 is 14.3 Å². The van der Waals surface area contributed by atoms with Gasteiger partial charge in [0.05, 0.1) is 29.8 Å². The standard InChI is InChI=1S/C18H20N4O3S2/c23-16(9-15-17(24)20-13-3-1-2-4-14(13)27-15)21-18-19-12(11-26-18)10-22-5-7-25-8-6-22/h1-4,11,15H,5-10H2,(H,20,24)(H,19,21,23)/t15-/m0/s1. The quantitative estimate of drug-likeness (QED) is 0.796. The second-order valence-electron chi connectivity index (χ2n) is 6.38. The Bertz CT molecular complexity index is 836. The van der Waals surface area contributed by atoms with Crippen molar-refractivity contribution >= 4 is 45.7 Å². The third-order valence-corrected chi connectivity index (χ3v) is 6.45. The van der Waals surface area contributed by atoms with Crippen LogP contribution in [0.25, 0.3) is 0 Å². The zero-order valence-corrected chi connectivity index (χ0v) is 16.3. The van der Waals surface area contributed by atoms with Gasteiger partial charge in [0.1, 0.15) is 0 Å². The maximum Gasteiger partial charge on any atom is 0.238 e. The molecule has 2 aliphatic rings. The molecule has 9 heteroatoms. The number of nitrogens with zero attached hydrogens (tertiary/aromatic N) is 2. The minimum atomic E-state index is -0.437. The van der Waals surface area contributed by atoms with Crippen LogP contribution in [0.15, 0.2) is 34.5 Å². The molecule has 142 valence electrons. The number of amides is 2. The van der Waals surface area contributed by atoms with Gasteiger partial charge in [-0.1, -0.05) is 12.1 Å². The molecule has 4 rings (SSSR count). The highest BCUT2D eigenvalue weighted by Gasteiger charge is 2.29. The van der Waals surface area contributed by atoms with Gasteiger partial charge in [0.25, 0.3) is 0 Å². The number of carbonyl (C=O) groups is 2. The number of rotatable bonds is 5. The molecule has 3 heterocycles. The van der Waals surface area contributed by atoms with Crippen molar-refractivity contribution in [3.8, 4) is 0 Å². The van der Waals surface area contributed by atoms with E-state index in [1.807, 2.05) is 29.6 Å². The van der Waals surface area contributed by atoms with Crippen LogP contribution >= 0.6 is 23.1 Å². The SMILES string of the molecule is O=C(C[C@@H]1Sc2ccccc2NC1=O)Nc1nc(CN2CCOCC2)cs1. The van der Waals surface area contributed by atoms with Crippen LogP contribution in [0, 0.1) is 0 Å². The van der Waals surface area contributed by atoms with E-state index in [4.69, 9.17) is 4.74 Å². The van der Waals surface area contributed by atoms with Gasteiger partial charge in [-0.2, -0.15) is 0 Å². The summed E-state index contributed by atoms with van der Waals surface area (Å²) in [4.78, 5) is 32.4. The van der Waals surface area contributed by atoms with Crippen molar-refractivity contribution in [2.75, 3.05) is 36.9 Å². The minimum Gasteiger partial charge on any atom is -0.379 e. The molecule has 0 aliphatic carbocycles. The van der Waals surface area contributed by atoms with E-state index < -0.39 is 5.25 Å². The summed E-state index contributed by atoms with van der Waals surface area (Å²) in [6, 6.07) is 7.61. The smallest absolute Gasteiger partial charge is 0.238 e. The monoisotopic (exact) mass is 404 g/mol. The second kappa shape index (κ2) is 8.39. The van der Waals surface area contributed by atoms with Crippen molar-refractivity contribution in [3.63, 3.8) is 0 Å². The largest absolute Gasteiger partial charge is 0.379 e. The van der Waals surface area contributed by atoms with E-state index in [0.717, 1.165) is 49.1 Å². The Labute approximate surface area is 165 Å². The number of hydrogen-bond acceptors (Lipinski definition) is 7. The molecule has 1 atom stereocenters. The van der Waals surface area contributed by atoms with Crippen molar-refractivity contribution in [1.82, 2.24) is 9.88 Å². The molecule has 0 unspecified atom stereocenters. The number of hydrogen-bond donors (Lipinski definition) is 2. The number of anilines is 2. The Balaban J connectivity index is 1.31. The van der Waals surface area contributed by atoms with E-state index in [-0.39, 0.29) is 18.2 Å². The Morgan fingerprint density at radius 2 is 2.15 bits per heavy atom. The van der Waals surface area contributed by atoms with E-state index in [1.165, 1.54) is 23.1 Å². The lowest BCUT2D eigenvalue weighted by Gasteiger charge is -2.25. The molecule has 0 spiro atoms. The first-order chi connectivity index (χ1) is 13.2. The first kappa shape index (κ1) is 18.4. The number of thioether (sulfide) groups is 1. The fraction of sp³-hybridized carbons (Fsp3) is 0.389. The van der Waals surface area contributed by atoms with Crippen LogP contribution in [0.1, 0.15) is 12.1 Å². The predicted octanol–water partition coefficient (Wildman–Crippen LogP) is 2.42. The number of morpholine rings is 1. The van der Waals surface area contributed by atoms with Crippen molar-refractivity contribution in [2.24, 2.45) is 0 Å². The first-order valence-corrected chi connectivity index (χ1v) is 10.5. The van der Waals surface area contributed by atoms with Crippen LogP contribution < -0.4 is 10.6 Å². The molecule has 7 nitrogen and oxygen atoms in total. The van der Waals surface area contributed by atoms with Gasteiger partial charge < -0.3 is 15.4 Å². The zero-order valence-electron chi connectivity index (χ0n) is 14.6. The number of aromatic nitrogens is 1. The molecular weight excluding hydrogens is 384 g/mol. The summed E-state index contributed by atoms with van der Waals surface area (Å²) < 4.78 is 5.35. The average Bonchev–Trinajstić information content (AvgIpc) is 3.10. The summed E-state index contributed by atoms with van der Waals surface area (Å²) in [5.41, 5.74) is 1.74. The highest BCUT2D eigenvalue weighted by atomic mass is 32.2. The normalized spacial score (nSPS) is 20.0. The summed E-state index contributed by atoms with van der Waals surface area (Å²) in [6.07, 6.45) is 0.114. The Hall–Kier alpha value is -1.94. The number of fused-ring (bicyclic) bond motifs is 1. The maximum absolute atomic E-state index is 12.4. The molecule has 1 aromatic heterocycles. The topological polar surface area (TPSA) is 83.6 Å². The number of carbonyl (C=O) groups excluding carboxylic acids is 2. The molecule has 1 fully saturated rings. The van der Waals surface area contributed by atoms with Crippen LogP contribution in [-0.4, -0.2) is 53.3 Å². The van der Waals surface area contributed by atoms with Crippen LogP contribution in [0.4, 0.5) is 10.8 Å². The molecule has 2 aliphatic heterocycles. The van der Waals surface area contributed by atoms with Gasteiger partial charge in [-0.25, -0.2) is 4.98 Å². The Kier molecular flexibility index (Phi) is 5.72. The molecule has 2 amide bonds. The zero-order chi connectivity index (χ0) is 18.6. The van der Waals surface area contributed by atoms with E-state index in [2.05, 4.69) is 20.5 Å². The Morgan fingerprint density at radius 3 is 3.00 bits per heavy atom. The molecule has 0 saturated carbocycles. The van der Waals surface area contributed by atoms with Gasteiger partial charge in [0, 0.05) is 36.3 Å². The number of ether oxygens (including phenoxy) is 1. The number of nitrogens with one attached hydrogen (secondary N) is 2. The lowest BCUT2D eigenvalue weighted by atomic mass is 10.2. The van der Waals surface area contributed by atoms with E-state index in [0.29, 0.717) is 5.13 Å². The van der Waals surface area contributed by atoms with Crippen LogP contribution in [-0.2, 0) is 20.9 Å². The summed E-state index contributed by atoms with van der Waals surface area (Å²) in [5.74, 6) is -0.338. The fourth-order valence-corrected chi connectivity index (χ4v) is 4.82. The van der Waals surface area contributed by atoms with E-state index in [1.54, 1.807) is 0 Å². The first-order valence-electron chi connectivity index (χ1n) is 8.78. The number of thiazole rings is 1. The third kappa shape index (κ3) is 4.67.